The van der Waals surface area contributed by atoms with Crippen LogP contribution in [0.2, 0.25) is 0 Å². The molecule has 0 unspecified atom stereocenters. The lowest BCUT2D eigenvalue weighted by Crippen LogP contribution is -2.37. The number of aromatic nitrogens is 1. The number of nitrogens with zero attached hydrogens (tertiary/aromatic N) is 2. The molecule has 2 nitrogen and oxygen atoms in total. The molecule has 1 aliphatic carbocycles. The molecule has 1 aromatic heterocycles. The van der Waals surface area contributed by atoms with Crippen molar-refractivity contribution in [3.63, 3.8) is 0 Å². The summed E-state index contributed by atoms with van der Waals surface area (Å²) in [5.41, 5.74) is 3.24. The van der Waals surface area contributed by atoms with E-state index in [1.165, 1.54) is 70.9 Å². The summed E-state index contributed by atoms with van der Waals surface area (Å²) in [6, 6.07) is 3.09. The topological polar surface area (TPSA) is 7.12 Å². The van der Waals surface area contributed by atoms with Gasteiger partial charge in [-0.25, -0.2) is 4.57 Å². The minimum Gasteiger partial charge on any atom is -0.299 e. The highest BCUT2D eigenvalue weighted by atomic mass is 15.2. The van der Waals surface area contributed by atoms with Crippen molar-refractivity contribution < 1.29 is 4.57 Å². The quantitative estimate of drug-likeness (QED) is 0.539. The van der Waals surface area contributed by atoms with Gasteiger partial charge in [-0.05, 0) is 50.8 Å². The summed E-state index contributed by atoms with van der Waals surface area (Å²) in [4.78, 5) is 2.58. The fourth-order valence-corrected chi connectivity index (χ4v) is 4.46. The molecule has 1 aromatic rings. The number of rotatable bonds is 7. The Hall–Kier alpha value is -0.890. The Morgan fingerprint density at radius 3 is 2.82 bits per heavy atom. The Kier molecular flexibility index (Phi) is 5.51. The standard InChI is InChI=1S/C20H33N2/c1-3-4-5-6-7-8-13-22-15-12-17-9-10-18-11-14-21(2)20(18)19(17)16-22/h12,15-16,18,20H,3-11,13-14H2,1-2H3/q+1/t18-,20+/m0/s1. The molecule has 0 bridgehead atoms. The van der Waals surface area contributed by atoms with E-state index in [-0.39, 0.29) is 0 Å². The van der Waals surface area contributed by atoms with Gasteiger partial charge in [0.05, 0.1) is 0 Å². The highest BCUT2D eigenvalue weighted by Gasteiger charge is 2.38. The van der Waals surface area contributed by atoms with Crippen molar-refractivity contribution in [2.75, 3.05) is 13.6 Å². The average Bonchev–Trinajstić information content (AvgIpc) is 2.92. The van der Waals surface area contributed by atoms with Gasteiger partial charge in [-0.3, -0.25) is 4.90 Å². The second-order valence-electron chi connectivity index (χ2n) is 7.44. The number of fused-ring (bicyclic) bond motifs is 3. The second-order valence-corrected chi connectivity index (χ2v) is 7.44. The van der Waals surface area contributed by atoms with Crippen LogP contribution in [0.15, 0.2) is 18.5 Å². The highest BCUT2D eigenvalue weighted by molar-refractivity contribution is 5.29. The van der Waals surface area contributed by atoms with Crippen LogP contribution in [0.25, 0.3) is 0 Å². The van der Waals surface area contributed by atoms with E-state index >= 15 is 0 Å². The van der Waals surface area contributed by atoms with E-state index in [9.17, 15) is 0 Å². The summed E-state index contributed by atoms with van der Waals surface area (Å²) in [7, 11) is 2.31. The van der Waals surface area contributed by atoms with Crippen molar-refractivity contribution in [1.29, 1.82) is 0 Å². The summed E-state index contributed by atoms with van der Waals surface area (Å²) in [5, 5.41) is 0. The molecule has 2 aliphatic rings. The molecule has 0 radical (unpaired) electrons. The number of hydrogen-bond acceptors (Lipinski definition) is 1. The largest absolute Gasteiger partial charge is 0.299 e. The van der Waals surface area contributed by atoms with E-state index in [1.807, 2.05) is 0 Å². The van der Waals surface area contributed by atoms with Crippen LogP contribution in [0.4, 0.5) is 0 Å². The van der Waals surface area contributed by atoms with Gasteiger partial charge < -0.3 is 0 Å². The average molecular weight is 301 g/mol. The summed E-state index contributed by atoms with van der Waals surface area (Å²) < 4.78 is 2.45. The summed E-state index contributed by atoms with van der Waals surface area (Å²) in [5.74, 6) is 0.905. The van der Waals surface area contributed by atoms with Gasteiger partial charge in [-0.2, -0.15) is 0 Å². The molecule has 1 saturated heterocycles. The monoisotopic (exact) mass is 301 g/mol. The maximum atomic E-state index is 2.58. The van der Waals surface area contributed by atoms with E-state index in [0.29, 0.717) is 6.04 Å². The van der Waals surface area contributed by atoms with Crippen LogP contribution < -0.4 is 4.57 Å². The minimum atomic E-state index is 0.695. The smallest absolute Gasteiger partial charge is 0.173 e. The minimum absolute atomic E-state index is 0.695. The zero-order valence-electron chi connectivity index (χ0n) is 14.6. The van der Waals surface area contributed by atoms with Gasteiger partial charge in [-0.1, -0.05) is 32.6 Å². The Balaban J connectivity index is 1.58. The van der Waals surface area contributed by atoms with Gasteiger partial charge in [0.25, 0.3) is 0 Å². The molecule has 0 spiro atoms. The molecule has 0 amide bonds. The summed E-state index contributed by atoms with van der Waals surface area (Å²) in [6.07, 6.45) is 17.2. The zero-order chi connectivity index (χ0) is 15.4. The van der Waals surface area contributed by atoms with Gasteiger partial charge >= 0.3 is 0 Å². The Morgan fingerprint density at radius 1 is 1.14 bits per heavy atom. The molecule has 0 N–H and O–H groups in total. The SMILES string of the molecule is CCCCCCCC[n+]1ccc2c(c1)[C@H]1[C@@H](CC2)CCN1C. The molecule has 122 valence electrons. The van der Waals surface area contributed by atoms with Crippen molar-refractivity contribution in [1.82, 2.24) is 4.90 Å². The number of hydrogen-bond donors (Lipinski definition) is 0. The Morgan fingerprint density at radius 2 is 1.95 bits per heavy atom. The number of aryl methyl sites for hydroxylation is 2. The lowest BCUT2D eigenvalue weighted by Gasteiger charge is -2.30. The number of likely N-dealkylation sites (tertiary alicyclic amines) is 1. The molecule has 2 atom stereocenters. The summed E-state index contributed by atoms with van der Waals surface area (Å²) in [6.45, 7) is 4.76. The maximum absolute atomic E-state index is 2.58. The van der Waals surface area contributed by atoms with E-state index in [2.05, 4.69) is 41.9 Å². The fraction of sp³-hybridized carbons (Fsp3) is 0.750. The van der Waals surface area contributed by atoms with E-state index in [4.69, 9.17) is 0 Å². The Bertz CT molecular complexity index is 483. The number of pyridine rings is 1. The van der Waals surface area contributed by atoms with Crippen molar-refractivity contribution in [3.05, 3.63) is 29.6 Å². The molecule has 1 aliphatic heterocycles. The van der Waals surface area contributed by atoms with Crippen molar-refractivity contribution in [3.8, 4) is 0 Å². The fourth-order valence-electron chi connectivity index (χ4n) is 4.46. The van der Waals surface area contributed by atoms with Crippen molar-refractivity contribution in [2.24, 2.45) is 5.92 Å². The van der Waals surface area contributed by atoms with Crippen LogP contribution in [0.3, 0.4) is 0 Å². The summed E-state index contributed by atoms with van der Waals surface area (Å²) >= 11 is 0. The third-order valence-electron chi connectivity index (χ3n) is 5.79. The first-order valence-electron chi connectivity index (χ1n) is 9.51. The molecule has 2 heteroatoms. The highest BCUT2D eigenvalue weighted by Crippen LogP contribution is 2.43. The first-order valence-corrected chi connectivity index (χ1v) is 9.51. The van der Waals surface area contributed by atoms with Gasteiger partial charge in [0.1, 0.15) is 6.54 Å². The number of unbranched alkanes of at least 4 members (excludes halogenated alkanes) is 5. The second kappa shape index (κ2) is 7.59. The third-order valence-corrected chi connectivity index (χ3v) is 5.79. The predicted octanol–water partition coefficient (Wildman–Crippen LogP) is 4.27. The van der Waals surface area contributed by atoms with E-state index in [0.717, 1.165) is 5.92 Å². The third kappa shape index (κ3) is 3.53. The van der Waals surface area contributed by atoms with Crippen LogP contribution in [0.5, 0.6) is 0 Å². The molecular formula is C20H33N2+. The van der Waals surface area contributed by atoms with Gasteiger partial charge in [0.15, 0.2) is 12.4 Å². The van der Waals surface area contributed by atoms with Crippen LogP contribution in [-0.4, -0.2) is 18.5 Å². The van der Waals surface area contributed by atoms with Gasteiger partial charge in [-0.15, -0.1) is 0 Å². The molecule has 2 heterocycles. The predicted molar refractivity (Wildman–Crippen MR) is 91.8 cm³/mol. The van der Waals surface area contributed by atoms with Crippen molar-refractivity contribution >= 4 is 0 Å². The molecular weight excluding hydrogens is 268 g/mol. The molecule has 0 aromatic carbocycles. The van der Waals surface area contributed by atoms with Crippen LogP contribution in [0, 0.1) is 5.92 Å². The van der Waals surface area contributed by atoms with E-state index < -0.39 is 0 Å². The van der Waals surface area contributed by atoms with Crippen molar-refractivity contribution in [2.45, 2.75) is 77.3 Å². The van der Waals surface area contributed by atoms with Crippen LogP contribution in [0.1, 0.15) is 75.5 Å². The molecule has 3 rings (SSSR count). The van der Waals surface area contributed by atoms with Gasteiger partial charge in [0, 0.05) is 24.1 Å². The lowest BCUT2D eigenvalue weighted by atomic mass is 9.81. The van der Waals surface area contributed by atoms with E-state index in [1.54, 1.807) is 11.1 Å². The first kappa shape index (κ1) is 16.0. The zero-order valence-corrected chi connectivity index (χ0v) is 14.6. The molecule has 22 heavy (non-hydrogen) atoms. The normalized spacial score (nSPS) is 24.3. The van der Waals surface area contributed by atoms with Gasteiger partial charge in [0.2, 0.25) is 0 Å². The lowest BCUT2D eigenvalue weighted by molar-refractivity contribution is -0.698. The van der Waals surface area contributed by atoms with Crippen LogP contribution in [-0.2, 0) is 13.0 Å². The Labute approximate surface area is 136 Å². The molecule has 0 saturated carbocycles. The van der Waals surface area contributed by atoms with Crippen LogP contribution >= 0.6 is 0 Å². The molecule has 1 fully saturated rings. The maximum Gasteiger partial charge on any atom is 0.173 e. The first-order chi connectivity index (χ1) is 10.8.